The molecule has 5 nitrogen and oxygen atoms in total. The molecular formula is C18H10Cl2N2O3. The topological polar surface area (TPSA) is 60.2 Å². The minimum absolute atomic E-state index is 0.121. The first-order chi connectivity index (χ1) is 12.0. The van der Waals surface area contributed by atoms with Crippen LogP contribution in [0.15, 0.2) is 45.3 Å². The van der Waals surface area contributed by atoms with Gasteiger partial charge in [-0.2, -0.15) is 4.99 Å². The molecule has 0 unspecified atom stereocenters. The SMILES string of the molecule is C=c1cccc2c1=NC(/C(Cl)=C/c1cc(Cl)c3c(c1)OCO3)=NC2=O. The normalized spacial score (nSPS) is 15.5. The van der Waals surface area contributed by atoms with Crippen LogP contribution in [0.5, 0.6) is 11.5 Å². The fourth-order valence-electron chi connectivity index (χ4n) is 2.57. The van der Waals surface area contributed by atoms with Gasteiger partial charge in [-0.05, 0) is 35.1 Å². The lowest BCUT2D eigenvalue weighted by Crippen LogP contribution is -2.33. The predicted octanol–water partition coefficient (Wildman–Crippen LogP) is 2.93. The third kappa shape index (κ3) is 2.81. The smallest absolute Gasteiger partial charge is 0.281 e. The quantitative estimate of drug-likeness (QED) is 0.813. The van der Waals surface area contributed by atoms with E-state index in [2.05, 4.69) is 16.6 Å². The zero-order valence-corrected chi connectivity index (χ0v) is 14.3. The number of aliphatic imine (C=N–C) groups is 1. The van der Waals surface area contributed by atoms with Crippen LogP contribution in [-0.4, -0.2) is 18.5 Å². The van der Waals surface area contributed by atoms with Crippen LogP contribution in [0.2, 0.25) is 5.02 Å². The van der Waals surface area contributed by atoms with E-state index < -0.39 is 5.91 Å². The molecule has 0 bridgehead atoms. The highest BCUT2D eigenvalue weighted by atomic mass is 35.5. The summed E-state index contributed by atoms with van der Waals surface area (Å²) >= 11 is 12.5. The molecule has 2 aliphatic heterocycles. The molecule has 7 heteroatoms. The van der Waals surface area contributed by atoms with Crippen molar-refractivity contribution < 1.29 is 14.3 Å². The van der Waals surface area contributed by atoms with Crippen molar-refractivity contribution in [3.05, 3.63) is 62.1 Å². The van der Waals surface area contributed by atoms with Crippen molar-refractivity contribution in [1.82, 2.24) is 0 Å². The zero-order valence-electron chi connectivity index (χ0n) is 12.8. The summed E-state index contributed by atoms with van der Waals surface area (Å²) in [5.41, 5.74) is 1.09. The summed E-state index contributed by atoms with van der Waals surface area (Å²) in [6, 6.07) is 8.59. The van der Waals surface area contributed by atoms with Gasteiger partial charge in [-0.25, -0.2) is 4.99 Å². The number of carbonyl (C=O) groups is 1. The largest absolute Gasteiger partial charge is 0.454 e. The summed E-state index contributed by atoms with van der Waals surface area (Å²) in [6.45, 7) is 4.01. The van der Waals surface area contributed by atoms with E-state index >= 15 is 0 Å². The molecule has 0 saturated carbocycles. The predicted molar refractivity (Wildman–Crippen MR) is 95.9 cm³/mol. The highest BCUT2D eigenvalue weighted by Gasteiger charge is 2.19. The van der Waals surface area contributed by atoms with Gasteiger partial charge in [0.1, 0.15) is 0 Å². The third-order valence-corrected chi connectivity index (χ3v) is 4.29. The zero-order chi connectivity index (χ0) is 17.6. The maximum atomic E-state index is 12.2. The molecule has 0 spiro atoms. The van der Waals surface area contributed by atoms with E-state index in [1.165, 1.54) is 0 Å². The molecule has 0 atom stereocenters. The summed E-state index contributed by atoms with van der Waals surface area (Å²) < 4.78 is 10.6. The van der Waals surface area contributed by atoms with Gasteiger partial charge >= 0.3 is 0 Å². The van der Waals surface area contributed by atoms with Crippen molar-refractivity contribution in [2.75, 3.05) is 6.79 Å². The molecule has 1 amide bonds. The number of rotatable bonds is 2. The van der Waals surface area contributed by atoms with Gasteiger partial charge in [-0.15, -0.1) is 0 Å². The molecule has 124 valence electrons. The number of ether oxygens (including phenoxy) is 2. The van der Waals surface area contributed by atoms with Crippen molar-refractivity contribution in [3.8, 4) is 11.5 Å². The first-order valence-electron chi connectivity index (χ1n) is 7.29. The molecule has 2 aromatic carbocycles. The van der Waals surface area contributed by atoms with Gasteiger partial charge in [0.25, 0.3) is 5.91 Å². The number of benzene rings is 2. The second kappa shape index (κ2) is 6.02. The minimum Gasteiger partial charge on any atom is -0.454 e. The van der Waals surface area contributed by atoms with Gasteiger partial charge < -0.3 is 9.47 Å². The van der Waals surface area contributed by atoms with Crippen molar-refractivity contribution in [3.63, 3.8) is 0 Å². The van der Waals surface area contributed by atoms with Crippen molar-refractivity contribution in [1.29, 1.82) is 0 Å². The first kappa shape index (κ1) is 15.9. The van der Waals surface area contributed by atoms with Crippen molar-refractivity contribution >= 4 is 47.6 Å². The summed E-state index contributed by atoms with van der Waals surface area (Å²) in [6.07, 6.45) is 1.61. The van der Waals surface area contributed by atoms with E-state index in [-0.39, 0.29) is 17.7 Å². The highest BCUT2D eigenvalue weighted by Crippen LogP contribution is 2.40. The Labute approximate surface area is 152 Å². The van der Waals surface area contributed by atoms with Crippen molar-refractivity contribution in [2.45, 2.75) is 0 Å². The fraction of sp³-hybridized carbons (Fsp3) is 0.0556. The molecule has 2 aliphatic rings. The van der Waals surface area contributed by atoms with Gasteiger partial charge in [-0.1, -0.05) is 41.9 Å². The van der Waals surface area contributed by atoms with Gasteiger partial charge in [0.2, 0.25) is 6.79 Å². The van der Waals surface area contributed by atoms with E-state index in [0.29, 0.717) is 38.2 Å². The molecule has 0 saturated heterocycles. The van der Waals surface area contributed by atoms with Gasteiger partial charge in [0.05, 0.1) is 21.0 Å². The van der Waals surface area contributed by atoms with Crippen LogP contribution in [0.4, 0.5) is 0 Å². The molecule has 0 N–H and O–H groups in total. The number of para-hydroxylation sites is 1. The lowest BCUT2D eigenvalue weighted by atomic mass is 10.1. The molecule has 2 heterocycles. The van der Waals surface area contributed by atoms with Crippen LogP contribution in [0.1, 0.15) is 15.9 Å². The fourth-order valence-corrected chi connectivity index (χ4v) is 3.06. The summed E-state index contributed by atoms with van der Waals surface area (Å²) in [5, 5.41) is 1.73. The number of fused-ring (bicyclic) bond motifs is 2. The molecule has 2 aromatic rings. The Hall–Kier alpha value is -2.63. The highest BCUT2D eigenvalue weighted by molar-refractivity contribution is 6.46. The minimum atomic E-state index is -0.402. The number of hydrogen-bond donors (Lipinski definition) is 0. The summed E-state index contributed by atoms with van der Waals surface area (Å²) in [4.78, 5) is 20.5. The standard InChI is InChI=1S/C18H10Cl2N2O3/c1-9-3-2-4-11-15(9)21-17(22-18(11)23)13(20)6-10-5-12(19)16-14(7-10)24-8-25-16/h2-7H,1,8H2/b13-6-. The Morgan fingerprint density at radius 3 is 2.92 bits per heavy atom. The molecule has 25 heavy (non-hydrogen) atoms. The Morgan fingerprint density at radius 1 is 1.24 bits per heavy atom. The maximum absolute atomic E-state index is 12.2. The molecule has 0 aliphatic carbocycles. The number of amidine groups is 1. The van der Waals surface area contributed by atoms with Crippen molar-refractivity contribution in [2.24, 2.45) is 9.98 Å². The maximum Gasteiger partial charge on any atom is 0.281 e. The average Bonchev–Trinajstić information content (AvgIpc) is 3.04. The number of amides is 1. The Bertz CT molecular complexity index is 1090. The number of halogens is 2. The molecule has 0 aromatic heterocycles. The van der Waals surface area contributed by atoms with E-state index in [1.54, 1.807) is 36.4 Å². The molecule has 4 rings (SSSR count). The average molecular weight is 373 g/mol. The Morgan fingerprint density at radius 2 is 2.08 bits per heavy atom. The monoisotopic (exact) mass is 372 g/mol. The lowest BCUT2D eigenvalue weighted by Gasteiger charge is -2.07. The summed E-state index contributed by atoms with van der Waals surface area (Å²) in [5.74, 6) is 0.762. The number of carbonyl (C=O) groups excluding carboxylic acids is 1. The van der Waals surface area contributed by atoms with Crippen LogP contribution < -0.4 is 20.0 Å². The van der Waals surface area contributed by atoms with Gasteiger partial charge in [0.15, 0.2) is 17.3 Å². The Kier molecular flexibility index (Phi) is 3.82. The van der Waals surface area contributed by atoms with E-state index in [9.17, 15) is 4.79 Å². The lowest BCUT2D eigenvalue weighted by molar-refractivity contribution is 0.1000. The molecule has 0 fully saturated rings. The third-order valence-electron chi connectivity index (χ3n) is 3.73. The van der Waals surface area contributed by atoms with Gasteiger partial charge in [-0.3, -0.25) is 4.79 Å². The Balaban J connectivity index is 1.78. The first-order valence-corrected chi connectivity index (χ1v) is 8.05. The van der Waals surface area contributed by atoms with E-state index in [0.717, 1.165) is 0 Å². The second-order valence-corrected chi connectivity index (χ2v) is 6.21. The summed E-state index contributed by atoms with van der Waals surface area (Å²) in [7, 11) is 0. The molecule has 0 radical (unpaired) electrons. The number of hydrogen-bond acceptors (Lipinski definition) is 4. The number of nitrogens with zero attached hydrogens (tertiary/aromatic N) is 2. The molecular weight excluding hydrogens is 363 g/mol. The van der Waals surface area contributed by atoms with Crippen LogP contribution in [-0.2, 0) is 0 Å². The van der Waals surface area contributed by atoms with Gasteiger partial charge in [0, 0.05) is 0 Å². The van der Waals surface area contributed by atoms with Crippen LogP contribution in [0, 0.1) is 0 Å². The van der Waals surface area contributed by atoms with Crippen LogP contribution >= 0.6 is 23.2 Å². The second-order valence-electron chi connectivity index (χ2n) is 5.39. The van der Waals surface area contributed by atoms with E-state index in [1.807, 2.05) is 0 Å². The van der Waals surface area contributed by atoms with E-state index in [4.69, 9.17) is 32.7 Å². The van der Waals surface area contributed by atoms with Crippen LogP contribution in [0.25, 0.3) is 12.7 Å². The van der Waals surface area contributed by atoms with Crippen LogP contribution in [0.3, 0.4) is 0 Å².